The first kappa shape index (κ1) is 15.8. The molecule has 0 aromatic carbocycles. The number of hydrogen-bond donors (Lipinski definition) is 1. The lowest BCUT2D eigenvalue weighted by Crippen LogP contribution is -2.31. The molecule has 0 atom stereocenters. The molecule has 2 rings (SSSR count). The van der Waals surface area contributed by atoms with Crippen LogP contribution in [-0.2, 0) is 4.79 Å². The van der Waals surface area contributed by atoms with E-state index in [-0.39, 0.29) is 5.78 Å². The average Bonchev–Trinajstić information content (AvgIpc) is 2.55. The Morgan fingerprint density at radius 3 is 2.86 bits per heavy atom. The highest BCUT2D eigenvalue weighted by atomic mass is 16.5. The van der Waals surface area contributed by atoms with Crippen LogP contribution in [0.4, 0.5) is 11.5 Å². The highest BCUT2D eigenvalue weighted by molar-refractivity contribution is 6.07. The molecule has 0 amide bonds. The number of hydrogen-bond acceptors (Lipinski definition) is 5. The zero-order chi connectivity index (χ0) is 15.9. The summed E-state index contributed by atoms with van der Waals surface area (Å²) in [5.41, 5.74) is 4.06. The van der Waals surface area contributed by atoms with Gasteiger partial charge in [-0.3, -0.25) is 4.79 Å². The second-order valence-electron chi connectivity index (χ2n) is 5.15. The number of piperidine rings is 1. The Morgan fingerprint density at radius 1 is 1.50 bits per heavy atom. The van der Waals surface area contributed by atoms with Crippen molar-refractivity contribution >= 4 is 17.3 Å². The number of pyridine rings is 1. The Bertz CT molecular complexity index is 658. The maximum Gasteiger partial charge on any atom is 0.231 e. The molecule has 1 aliphatic heterocycles. The number of anilines is 2. The maximum absolute atomic E-state index is 11.3. The van der Waals surface area contributed by atoms with Gasteiger partial charge in [0.15, 0.2) is 5.82 Å². The van der Waals surface area contributed by atoms with Gasteiger partial charge >= 0.3 is 0 Å². The molecule has 1 aromatic heterocycles. The van der Waals surface area contributed by atoms with Crippen LogP contribution >= 0.6 is 0 Å². The van der Waals surface area contributed by atoms with Crippen LogP contribution in [-0.4, -0.2) is 23.9 Å². The van der Waals surface area contributed by atoms with Crippen LogP contribution < -0.4 is 10.4 Å². The van der Waals surface area contributed by atoms with Gasteiger partial charge in [0, 0.05) is 19.3 Å². The van der Waals surface area contributed by atoms with Crippen LogP contribution in [0.2, 0.25) is 0 Å². The molecule has 5 nitrogen and oxygen atoms in total. The van der Waals surface area contributed by atoms with Crippen molar-refractivity contribution in [3.8, 4) is 11.8 Å². The van der Waals surface area contributed by atoms with Gasteiger partial charge in [-0.05, 0) is 49.5 Å². The molecular weight excluding hydrogens is 278 g/mol. The molecule has 1 aliphatic rings. The van der Waals surface area contributed by atoms with Crippen molar-refractivity contribution in [1.29, 1.82) is 0 Å². The number of Topliss-reactive ketones (excluding diaryl/α,β-unsaturated/α-hetero) is 1. The molecule has 114 valence electrons. The standard InChI is InChI=1S/C17H18N3O2/c1-13(2)16(21)7-3-5-14-8-11-20(12-9-14)17-15(19-22)6-4-10-18-17/h4-6,10,19H,1,8-9,11-12H2,2H3/q-1. The van der Waals surface area contributed by atoms with E-state index in [2.05, 4.69) is 28.3 Å². The molecule has 0 radical (unpaired) electrons. The predicted octanol–water partition coefficient (Wildman–Crippen LogP) is 2.67. The highest BCUT2D eigenvalue weighted by Crippen LogP contribution is 2.26. The highest BCUT2D eigenvalue weighted by Gasteiger charge is 2.16. The van der Waals surface area contributed by atoms with Gasteiger partial charge in [0.05, 0.1) is 5.69 Å². The van der Waals surface area contributed by atoms with E-state index < -0.39 is 0 Å². The van der Waals surface area contributed by atoms with Gasteiger partial charge in [-0.1, -0.05) is 18.1 Å². The number of ketones is 1. The number of allylic oxidation sites excluding steroid dienone is 2. The van der Waals surface area contributed by atoms with Crippen LogP contribution in [0.25, 0.3) is 0 Å². The number of carbonyl (C=O) groups excluding carboxylic acids is 1. The molecule has 0 spiro atoms. The Morgan fingerprint density at radius 2 is 2.23 bits per heavy atom. The summed E-state index contributed by atoms with van der Waals surface area (Å²) in [6.45, 7) is 6.76. The molecule has 0 aliphatic carbocycles. The average molecular weight is 296 g/mol. The smallest absolute Gasteiger partial charge is 0.231 e. The van der Waals surface area contributed by atoms with Crippen molar-refractivity contribution in [3.63, 3.8) is 0 Å². The molecule has 5 heteroatoms. The van der Waals surface area contributed by atoms with E-state index in [4.69, 9.17) is 0 Å². The fraction of sp³-hybridized carbons (Fsp3) is 0.294. The van der Waals surface area contributed by atoms with E-state index >= 15 is 0 Å². The Balaban J connectivity index is 1.98. The van der Waals surface area contributed by atoms with E-state index in [0.717, 1.165) is 25.9 Å². The first-order valence-electron chi connectivity index (χ1n) is 7.09. The third kappa shape index (κ3) is 3.96. The number of rotatable bonds is 3. The minimum absolute atomic E-state index is 0.228. The van der Waals surface area contributed by atoms with E-state index in [1.165, 1.54) is 5.57 Å². The van der Waals surface area contributed by atoms with Crippen LogP contribution in [0.5, 0.6) is 0 Å². The fourth-order valence-corrected chi connectivity index (χ4v) is 2.19. The topological polar surface area (TPSA) is 68.3 Å². The molecule has 2 heterocycles. The summed E-state index contributed by atoms with van der Waals surface area (Å²) in [4.78, 5) is 17.7. The predicted molar refractivity (Wildman–Crippen MR) is 88.4 cm³/mol. The monoisotopic (exact) mass is 296 g/mol. The summed E-state index contributed by atoms with van der Waals surface area (Å²) >= 11 is 0. The number of carbonyl (C=O) groups is 1. The van der Waals surface area contributed by atoms with Gasteiger partial charge in [-0.25, -0.2) is 4.98 Å². The molecule has 1 aromatic rings. The molecular formula is C17H18N3O2-. The molecule has 0 saturated carbocycles. The van der Waals surface area contributed by atoms with Crippen molar-refractivity contribution < 1.29 is 4.79 Å². The minimum Gasteiger partial charge on any atom is -0.761 e. The van der Waals surface area contributed by atoms with E-state index in [9.17, 15) is 10.0 Å². The lowest BCUT2D eigenvalue weighted by Gasteiger charge is -2.31. The van der Waals surface area contributed by atoms with Gasteiger partial charge in [-0.15, -0.1) is 0 Å². The summed E-state index contributed by atoms with van der Waals surface area (Å²) in [5, 5.41) is 10.9. The quantitative estimate of drug-likeness (QED) is 0.402. The SMILES string of the molecule is C=C(C)C(=O)C#CC=C1CCN(c2ncccc2N[O-])CC1. The van der Waals surface area contributed by atoms with Crippen LogP contribution in [0, 0.1) is 17.0 Å². The fourth-order valence-electron chi connectivity index (χ4n) is 2.19. The minimum atomic E-state index is -0.228. The van der Waals surface area contributed by atoms with Crippen molar-refractivity contribution in [2.45, 2.75) is 19.8 Å². The van der Waals surface area contributed by atoms with E-state index in [1.807, 2.05) is 11.6 Å². The second-order valence-corrected chi connectivity index (χ2v) is 5.15. The van der Waals surface area contributed by atoms with Crippen molar-refractivity contribution in [2.24, 2.45) is 0 Å². The molecule has 0 bridgehead atoms. The lowest BCUT2D eigenvalue weighted by atomic mass is 10.0. The first-order chi connectivity index (χ1) is 10.6. The lowest BCUT2D eigenvalue weighted by molar-refractivity contribution is -0.110. The van der Waals surface area contributed by atoms with Crippen molar-refractivity contribution in [1.82, 2.24) is 4.98 Å². The Hall–Kier alpha value is -2.58. The third-order valence-corrected chi connectivity index (χ3v) is 3.45. The second kappa shape index (κ2) is 7.43. The van der Waals surface area contributed by atoms with Gasteiger partial charge in [0.2, 0.25) is 5.78 Å². The van der Waals surface area contributed by atoms with E-state index in [0.29, 0.717) is 17.1 Å². The number of aromatic nitrogens is 1. The van der Waals surface area contributed by atoms with Crippen LogP contribution in [0.3, 0.4) is 0 Å². The summed E-state index contributed by atoms with van der Waals surface area (Å²) in [6.07, 6.45) is 5.16. The summed E-state index contributed by atoms with van der Waals surface area (Å²) in [5.74, 6) is 5.80. The molecule has 0 unspecified atom stereocenters. The molecule has 1 N–H and O–H groups in total. The zero-order valence-electron chi connectivity index (χ0n) is 12.6. The van der Waals surface area contributed by atoms with Crippen LogP contribution in [0.1, 0.15) is 19.8 Å². The summed E-state index contributed by atoms with van der Waals surface area (Å²) in [6, 6.07) is 3.45. The van der Waals surface area contributed by atoms with Gasteiger partial charge < -0.3 is 15.6 Å². The summed E-state index contributed by atoms with van der Waals surface area (Å²) in [7, 11) is 0. The van der Waals surface area contributed by atoms with E-state index in [1.54, 1.807) is 25.3 Å². The van der Waals surface area contributed by atoms with Gasteiger partial charge in [0.25, 0.3) is 0 Å². The molecule has 22 heavy (non-hydrogen) atoms. The van der Waals surface area contributed by atoms with Gasteiger partial charge in [0.1, 0.15) is 0 Å². The van der Waals surface area contributed by atoms with Crippen molar-refractivity contribution in [3.05, 3.63) is 47.3 Å². The third-order valence-electron chi connectivity index (χ3n) is 3.45. The number of nitrogens with one attached hydrogen (secondary N) is 1. The molecule has 1 fully saturated rings. The normalized spacial score (nSPS) is 13.9. The first-order valence-corrected chi connectivity index (χ1v) is 7.09. The van der Waals surface area contributed by atoms with Gasteiger partial charge in [-0.2, -0.15) is 0 Å². The van der Waals surface area contributed by atoms with Crippen molar-refractivity contribution in [2.75, 3.05) is 23.5 Å². The van der Waals surface area contributed by atoms with Crippen LogP contribution in [0.15, 0.2) is 42.1 Å². The Kier molecular flexibility index (Phi) is 5.34. The number of nitrogens with zero attached hydrogens (tertiary/aromatic N) is 2. The Labute approximate surface area is 130 Å². The zero-order valence-corrected chi connectivity index (χ0v) is 12.6. The summed E-state index contributed by atoms with van der Waals surface area (Å²) < 4.78 is 0. The maximum atomic E-state index is 11.3. The molecule has 1 saturated heterocycles. The largest absolute Gasteiger partial charge is 0.761 e.